The molecule has 0 aliphatic rings. The zero-order chi connectivity index (χ0) is 9.26. The lowest BCUT2D eigenvalue weighted by Crippen LogP contribution is -1.76. The van der Waals surface area contributed by atoms with E-state index in [-0.39, 0.29) is 0 Å². The Kier molecular flexibility index (Phi) is 2.02. The fourth-order valence-corrected chi connectivity index (χ4v) is 2.30. The molecule has 0 amide bonds. The lowest BCUT2D eigenvalue weighted by molar-refractivity contribution is -0.107. The molecule has 0 aliphatic heterocycles. The Hall–Kier alpha value is -1.35. The van der Waals surface area contributed by atoms with Crippen LogP contribution in [-0.4, -0.2) is 11.4 Å². The molecule has 2 aromatic rings. The zero-order valence-electron chi connectivity index (χ0n) is 6.86. The Bertz CT molecular complexity index is 445. The van der Waals surface area contributed by atoms with E-state index >= 15 is 0 Å². The number of phenolic OH excluding ortho intramolecular Hbond substituents is 1. The maximum absolute atomic E-state index is 10.3. The average Bonchev–Trinajstić information content (AvgIpc) is 2.49. The quantitative estimate of drug-likeness (QED) is 0.741. The third kappa shape index (κ3) is 1.42. The Labute approximate surface area is 79.4 Å². The van der Waals surface area contributed by atoms with Crippen LogP contribution in [0.1, 0.15) is 4.88 Å². The summed E-state index contributed by atoms with van der Waals surface area (Å²) in [5.74, 6) is 0.291. The summed E-state index contributed by atoms with van der Waals surface area (Å²) in [4.78, 5) is 11.3. The topological polar surface area (TPSA) is 37.3 Å². The first kappa shape index (κ1) is 8.26. The highest BCUT2D eigenvalue weighted by Crippen LogP contribution is 2.32. The molecular formula is C10H8O2S. The molecule has 0 aliphatic carbocycles. The predicted molar refractivity (Wildman–Crippen MR) is 53.3 cm³/mol. The molecule has 0 saturated heterocycles. The molecule has 1 aromatic carbocycles. The minimum atomic E-state index is 0.291. The van der Waals surface area contributed by atoms with Gasteiger partial charge in [-0.25, -0.2) is 0 Å². The van der Waals surface area contributed by atoms with Crippen molar-refractivity contribution in [1.82, 2.24) is 0 Å². The first-order valence-electron chi connectivity index (χ1n) is 3.95. The average molecular weight is 192 g/mol. The van der Waals surface area contributed by atoms with Gasteiger partial charge in [0, 0.05) is 11.3 Å². The van der Waals surface area contributed by atoms with E-state index < -0.39 is 0 Å². The van der Waals surface area contributed by atoms with E-state index in [1.165, 1.54) is 11.3 Å². The van der Waals surface area contributed by atoms with Crippen LogP contribution in [0.15, 0.2) is 24.3 Å². The van der Waals surface area contributed by atoms with Crippen molar-refractivity contribution in [3.05, 3.63) is 29.1 Å². The minimum absolute atomic E-state index is 0.291. The van der Waals surface area contributed by atoms with Gasteiger partial charge >= 0.3 is 0 Å². The van der Waals surface area contributed by atoms with Gasteiger partial charge in [-0.15, -0.1) is 11.3 Å². The first-order valence-corrected chi connectivity index (χ1v) is 4.77. The van der Waals surface area contributed by atoms with Crippen LogP contribution in [-0.2, 0) is 11.2 Å². The van der Waals surface area contributed by atoms with Crippen LogP contribution in [0.2, 0.25) is 0 Å². The number of hydrogen-bond donors (Lipinski definition) is 1. The number of carbonyl (C=O) groups is 1. The van der Waals surface area contributed by atoms with Crippen molar-refractivity contribution in [1.29, 1.82) is 0 Å². The molecule has 0 unspecified atom stereocenters. The molecule has 13 heavy (non-hydrogen) atoms. The number of rotatable bonds is 2. The summed E-state index contributed by atoms with van der Waals surface area (Å²) in [5.41, 5.74) is 0. The lowest BCUT2D eigenvalue weighted by Gasteiger charge is -1.90. The van der Waals surface area contributed by atoms with Gasteiger partial charge in [-0.3, -0.25) is 0 Å². The third-order valence-electron chi connectivity index (χ3n) is 1.86. The molecule has 0 spiro atoms. The second kappa shape index (κ2) is 3.18. The maximum Gasteiger partial charge on any atom is 0.133 e. The predicted octanol–water partition coefficient (Wildman–Crippen LogP) is 2.35. The molecule has 1 heterocycles. The van der Waals surface area contributed by atoms with E-state index in [0.29, 0.717) is 12.2 Å². The minimum Gasteiger partial charge on any atom is -0.506 e. The maximum atomic E-state index is 10.3. The van der Waals surface area contributed by atoms with E-state index in [1.807, 2.05) is 12.1 Å². The monoisotopic (exact) mass is 192 g/mol. The first-order chi connectivity index (χ1) is 6.31. The van der Waals surface area contributed by atoms with Crippen LogP contribution >= 0.6 is 11.3 Å². The van der Waals surface area contributed by atoms with Crippen molar-refractivity contribution in [2.45, 2.75) is 6.42 Å². The molecule has 0 fully saturated rings. The molecule has 0 bridgehead atoms. The van der Waals surface area contributed by atoms with Crippen molar-refractivity contribution in [2.75, 3.05) is 0 Å². The summed E-state index contributed by atoms with van der Waals surface area (Å²) in [6.45, 7) is 0. The van der Waals surface area contributed by atoms with Crippen LogP contribution in [0.5, 0.6) is 5.75 Å². The van der Waals surface area contributed by atoms with Gasteiger partial charge in [0.2, 0.25) is 0 Å². The highest BCUT2D eigenvalue weighted by atomic mass is 32.1. The smallest absolute Gasteiger partial charge is 0.133 e. The highest BCUT2D eigenvalue weighted by molar-refractivity contribution is 7.19. The summed E-state index contributed by atoms with van der Waals surface area (Å²) in [6.07, 6.45) is 1.31. The van der Waals surface area contributed by atoms with Crippen molar-refractivity contribution in [3.63, 3.8) is 0 Å². The van der Waals surface area contributed by atoms with Gasteiger partial charge in [0.1, 0.15) is 12.0 Å². The summed E-state index contributed by atoms with van der Waals surface area (Å²) < 4.78 is 0.861. The Balaban J connectivity index is 2.61. The number of hydrogen-bond acceptors (Lipinski definition) is 3. The number of aldehydes is 1. The zero-order valence-corrected chi connectivity index (χ0v) is 7.67. The molecule has 1 N–H and O–H groups in total. The van der Waals surface area contributed by atoms with Crippen molar-refractivity contribution >= 4 is 27.7 Å². The molecule has 0 saturated carbocycles. The second-order valence-electron chi connectivity index (χ2n) is 2.78. The Morgan fingerprint density at radius 3 is 3.00 bits per heavy atom. The lowest BCUT2D eigenvalue weighted by atomic mass is 10.2. The molecule has 1 aromatic heterocycles. The molecule has 0 radical (unpaired) electrons. The van der Waals surface area contributed by atoms with Crippen molar-refractivity contribution in [2.24, 2.45) is 0 Å². The van der Waals surface area contributed by atoms with E-state index in [9.17, 15) is 9.90 Å². The molecule has 2 nitrogen and oxygen atoms in total. The number of carbonyl (C=O) groups excluding carboxylic acids is 1. The van der Waals surface area contributed by atoms with Gasteiger partial charge in [-0.1, -0.05) is 12.1 Å². The highest BCUT2D eigenvalue weighted by Gasteiger charge is 2.04. The summed E-state index contributed by atoms with van der Waals surface area (Å²) in [6, 6.07) is 7.33. The number of phenols is 1. The van der Waals surface area contributed by atoms with Crippen LogP contribution in [0.25, 0.3) is 10.1 Å². The second-order valence-corrected chi connectivity index (χ2v) is 3.92. The van der Waals surface area contributed by atoms with Gasteiger partial charge in [-0.2, -0.15) is 0 Å². The Morgan fingerprint density at radius 1 is 1.46 bits per heavy atom. The van der Waals surface area contributed by atoms with Crippen molar-refractivity contribution in [3.8, 4) is 5.75 Å². The fourth-order valence-electron chi connectivity index (χ4n) is 1.28. The normalized spacial score (nSPS) is 10.5. The summed E-state index contributed by atoms with van der Waals surface area (Å²) in [7, 11) is 0. The molecule has 2 rings (SSSR count). The number of fused-ring (bicyclic) bond motifs is 1. The van der Waals surface area contributed by atoms with Gasteiger partial charge in [0.05, 0.1) is 4.70 Å². The standard InChI is InChI=1S/C10H8O2S/c11-5-4-8-6-7-2-1-3-9(12)10(7)13-8/h1-3,5-6,12H,4H2. The van der Waals surface area contributed by atoms with Crippen LogP contribution in [0, 0.1) is 0 Å². The summed E-state index contributed by atoms with van der Waals surface area (Å²) >= 11 is 1.47. The number of aromatic hydroxyl groups is 1. The van der Waals surface area contributed by atoms with Gasteiger partial charge in [0.15, 0.2) is 0 Å². The van der Waals surface area contributed by atoms with Gasteiger partial charge < -0.3 is 9.90 Å². The van der Waals surface area contributed by atoms with E-state index in [0.717, 1.165) is 21.2 Å². The van der Waals surface area contributed by atoms with Crippen LogP contribution < -0.4 is 0 Å². The SMILES string of the molecule is O=CCc1cc2cccc(O)c2s1. The molecule has 3 heteroatoms. The molecular weight excluding hydrogens is 184 g/mol. The van der Waals surface area contributed by atoms with Crippen molar-refractivity contribution < 1.29 is 9.90 Å². The van der Waals surface area contributed by atoms with Crippen LogP contribution in [0.4, 0.5) is 0 Å². The molecule has 66 valence electrons. The Morgan fingerprint density at radius 2 is 2.31 bits per heavy atom. The van der Waals surface area contributed by atoms with E-state index in [1.54, 1.807) is 12.1 Å². The van der Waals surface area contributed by atoms with Gasteiger partial charge in [0.25, 0.3) is 0 Å². The summed E-state index contributed by atoms with van der Waals surface area (Å²) in [5, 5.41) is 10.5. The molecule has 0 atom stereocenters. The van der Waals surface area contributed by atoms with Gasteiger partial charge in [-0.05, 0) is 17.5 Å². The third-order valence-corrected chi connectivity index (χ3v) is 3.05. The largest absolute Gasteiger partial charge is 0.506 e. The fraction of sp³-hybridized carbons (Fsp3) is 0.100. The van der Waals surface area contributed by atoms with E-state index in [4.69, 9.17) is 0 Å². The number of thiophene rings is 1. The van der Waals surface area contributed by atoms with Crippen LogP contribution in [0.3, 0.4) is 0 Å². The van der Waals surface area contributed by atoms with E-state index in [2.05, 4.69) is 0 Å². The number of benzene rings is 1.